The van der Waals surface area contributed by atoms with Gasteiger partial charge in [-0.2, -0.15) is 0 Å². The van der Waals surface area contributed by atoms with Crippen LogP contribution in [-0.2, 0) is 0 Å². The van der Waals surface area contributed by atoms with Crippen LogP contribution in [0.5, 0.6) is 0 Å². The zero-order valence-corrected chi connectivity index (χ0v) is 25.8. The zero-order chi connectivity index (χ0) is 31.4. The Balaban J connectivity index is 1.07. The third-order valence-corrected chi connectivity index (χ3v) is 8.42. The van der Waals surface area contributed by atoms with Crippen molar-refractivity contribution >= 4 is 68.2 Å². The molecule has 7 aromatic carbocycles. The predicted molar refractivity (Wildman–Crippen MR) is 198 cm³/mol. The van der Waals surface area contributed by atoms with E-state index < -0.39 is 0 Å². The SMILES string of the molecule is C(=C\c1ccc2c(c1)oc1cc(N(c3ccccc3)c3ccccc3)ccc12)/c1ccc(N(c2ccccc2)c2ccccc2)cc1. The molecule has 1 heterocycles. The third kappa shape index (κ3) is 5.79. The van der Waals surface area contributed by atoms with Gasteiger partial charge in [-0.15, -0.1) is 0 Å². The van der Waals surface area contributed by atoms with Gasteiger partial charge in [-0.1, -0.05) is 103 Å². The van der Waals surface area contributed by atoms with Crippen molar-refractivity contribution in [2.75, 3.05) is 9.80 Å². The minimum Gasteiger partial charge on any atom is -0.456 e. The molecule has 0 aliphatic carbocycles. The molecule has 0 radical (unpaired) electrons. The summed E-state index contributed by atoms with van der Waals surface area (Å²) in [4.78, 5) is 4.53. The summed E-state index contributed by atoms with van der Waals surface area (Å²) in [6.07, 6.45) is 4.30. The first-order valence-corrected chi connectivity index (χ1v) is 15.9. The first-order valence-electron chi connectivity index (χ1n) is 15.9. The molecule has 0 unspecified atom stereocenters. The van der Waals surface area contributed by atoms with Gasteiger partial charge in [0.1, 0.15) is 11.2 Å². The molecule has 0 aliphatic heterocycles. The van der Waals surface area contributed by atoms with E-state index in [1.54, 1.807) is 0 Å². The van der Waals surface area contributed by atoms with E-state index in [-0.39, 0.29) is 0 Å². The Morgan fingerprint density at radius 1 is 0.319 bits per heavy atom. The second-order valence-corrected chi connectivity index (χ2v) is 11.5. The van der Waals surface area contributed by atoms with E-state index in [1.807, 2.05) is 24.3 Å². The molecule has 8 rings (SSSR count). The Morgan fingerprint density at radius 2 is 0.681 bits per heavy atom. The summed E-state index contributed by atoms with van der Waals surface area (Å²) in [5.41, 5.74) is 10.6. The van der Waals surface area contributed by atoms with Crippen molar-refractivity contribution in [3.8, 4) is 0 Å². The van der Waals surface area contributed by atoms with Crippen LogP contribution in [-0.4, -0.2) is 0 Å². The standard InChI is InChI=1S/C44H32N2O/c1-5-13-35(14-6-1)45(36-15-7-2-8-16-36)39-26-23-33(24-27-39)21-22-34-25-29-41-42-30-28-40(32-44(42)47-43(41)31-34)46(37-17-9-3-10-18-37)38-19-11-4-12-20-38/h1-32H/b22-21+. The number of furan rings is 1. The lowest BCUT2D eigenvalue weighted by molar-refractivity contribution is 0.669. The monoisotopic (exact) mass is 604 g/mol. The molecule has 3 nitrogen and oxygen atoms in total. The van der Waals surface area contributed by atoms with Crippen LogP contribution in [0.15, 0.2) is 186 Å². The largest absolute Gasteiger partial charge is 0.456 e. The van der Waals surface area contributed by atoms with E-state index in [9.17, 15) is 0 Å². The van der Waals surface area contributed by atoms with Crippen LogP contribution in [0.2, 0.25) is 0 Å². The summed E-state index contributed by atoms with van der Waals surface area (Å²) in [6, 6.07) is 63.4. The van der Waals surface area contributed by atoms with E-state index in [1.165, 1.54) is 0 Å². The lowest BCUT2D eigenvalue weighted by Crippen LogP contribution is -2.09. The van der Waals surface area contributed by atoms with Gasteiger partial charge in [0.2, 0.25) is 0 Å². The molecule has 0 saturated heterocycles. The van der Waals surface area contributed by atoms with Crippen LogP contribution in [0.4, 0.5) is 34.1 Å². The second kappa shape index (κ2) is 12.6. The molecule has 0 bridgehead atoms. The van der Waals surface area contributed by atoms with Crippen LogP contribution in [0.1, 0.15) is 11.1 Å². The van der Waals surface area contributed by atoms with Gasteiger partial charge < -0.3 is 14.2 Å². The maximum atomic E-state index is 6.47. The fourth-order valence-electron chi connectivity index (χ4n) is 6.15. The average molecular weight is 605 g/mol. The Morgan fingerprint density at radius 3 is 1.19 bits per heavy atom. The molecule has 8 aromatic rings. The van der Waals surface area contributed by atoms with Crippen LogP contribution in [0.25, 0.3) is 34.1 Å². The van der Waals surface area contributed by atoms with Gasteiger partial charge >= 0.3 is 0 Å². The van der Waals surface area contributed by atoms with Gasteiger partial charge in [-0.25, -0.2) is 0 Å². The fraction of sp³-hybridized carbons (Fsp3) is 0. The molecule has 3 heteroatoms. The number of hydrogen-bond acceptors (Lipinski definition) is 3. The highest BCUT2D eigenvalue weighted by molar-refractivity contribution is 6.06. The van der Waals surface area contributed by atoms with Gasteiger partial charge in [0.05, 0.1) is 0 Å². The van der Waals surface area contributed by atoms with E-state index >= 15 is 0 Å². The Labute approximate surface area is 274 Å². The lowest BCUT2D eigenvalue weighted by Gasteiger charge is -2.25. The van der Waals surface area contributed by atoms with Crippen LogP contribution < -0.4 is 9.80 Å². The minimum atomic E-state index is 0.868. The molecule has 0 fully saturated rings. The number of anilines is 6. The molecule has 0 amide bonds. The van der Waals surface area contributed by atoms with E-state index in [4.69, 9.17) is 4.42 Å². The number of nitrogens with zero attached hydrogens (tertiary/aromatic N) is 2. The Bertz CT molecular complexity index is 2200. The molecular weight excluding hydrogens is 572 g/mol. The fourth-order valence-corrected chi connectivity index (χ4v) is 6.15. The summed E-state index contributed by atoms with van der Waals surface area (Å²) < 4.78 is 6.47. The molecule has 47 heavy (non-hydrogen) atoms. The van der Waals surface area contributed by atoms with Gasteiger partial charge in [0.15, 0.2) is 0 Å². The quantitative estimate of drug-likeness (QED) is 0.161. The molecule has 0 N–H and O–H groups in total. The number of benzene rings is 7. The van der Waals surface area contributed by atoms with Crippen molar-refractivity contribution in [1.29, 1.82) is 0 Å². The maximum absolute atomic E-state index is 6.47. The summed E-state index contributed by atoms with van der Waals surface area (Å²) in [5, 5.41) is 2.22. The van der Waals surface area contributed by atoms with Crippen molar-refractivity contribution < 1.29 is 4.42 Å². The highest BCUT2D eigenvalue weighted by Crippen LogP contribution is 2.39. The van der Waals surface area contributed by atoms with E-state index in [0.29, 0.717) is 0 Å². The van der Waals surface area contributed by atoms with Gasteiger partial charge in [0.25, 0.3) is 0 Å². The highest BCUT2D eigenvalue weighted by Gasteiger charge is 2.15. The van der Waals surface area contributed by atoms with Crippen LogP contribution >= 0.6 is 0 Å². The van der Waals surface area contributed by atoms with E-state index in [0.717, 1.165) is 67.2 Å². The number of fused-ring (bicyclic) bond motifs is 3. The highest BCUT2D eigenvalue weighted by atomic mass is 16.3. The van der Waals surface area contributed by atoms with Crippen molar-refractivity contribution in [1.82, 2.24) is 0 Å². The molecule has 0 aliphatic rings. The number of hydrogen-bond donors (Lipinski definition) is 0. The first kappa shape index (κ1) is 28.2. The number of rotatable bonds is 8. The minimum absolute atomic E-state index is 0.868. The second-order valence-electron chi connectivity index (χ2n) is 11.5. The summed E-state index contributed by atoms with van der Waals surface area (Å²) in [7, 11) is 0. The summed E-state index contributed by atoms with van der Waals surface area (Å²) >= 11 is 0. The predicted octanol–water partition coefficient (Wildman–Crippen LogP) is 12.7. The van der Waals surface area contributed by atoms with Gasteiger partial charge in [-0.05, 0) is 96.1 Å². The van der Waals surface area contributed by atoms with Crippen molar-refractivity contribution in [2.45, 2.75) is 0 Å². The van der Waals surface area contributed by atoms with Crippen LogP contribution in [0, 0.1) is 0 Å². The normalized spacial score (nSPS) is 11.3. The Kier molecular flexibility index (Phi) is 7.54. The smallest absolute Gasteiger partial charge is 0.137 e. The maximum Gasteiger partial charge on any atom is 0.137 e. The topological polar surface area (TPSA) is 19.6 Å². The lowest BCUT2D eigenvalue weighted by atomic mass is 10.1. The van der Waals surface area contributed by atoms with Crippen LogP contribution in [0.3, 0.4) is 0 Å². The molecule has 0 saturated carbocycles. The molecule has 0 spiro atoms. The zero-order valence-electron chi connectivity index (χ0n) is 25.8. The van der Waals surface area contributed by atoms with Gasteiger partial charge in [0, 0.05) is 51.0 Å². The summed E-state index contributed by atoms with van der Waals surface area (Å²) in [6.45, 7) is 0. The van der Waals surface area contributed by atoms with Crippen molar-refractivity contribution in [3.05, 3.63) is 193 Å². The van der Waals surface area contributed by atoms with Crippen molar-refractivity contribution in [3.63, 3.8) is 0 Å². The van der Waals surface area contributed by atoms with Gasteiger partial charge in [-0.3, -0.25) is 0 Å². The van der Waals surface area contributed by atoms with Crippen molar-refractivity contribution in [2.24, 2.45) is 0 Å². The first-order chi connectivity index (χ1) is 23.3. The molecule has 224 valence electrons. The third-order valence-electron chi connectivity index (χ3n) is 8.42. The number of para-hydroxylation sites is 4. The molecular formula is C44H32N2O. The molecule has 0 atom stereocenters. The Hall–Kier alpha value is -6.32. The summed E-state index contributed by atoms with van der Waals surface area (Å²) in [5.74, 6) is 0. The molecule has 1 aromatic heterocycles. The van der Waals surface area contributed by atoms with E-state index in [2.05, 4.69) is 180 Å². The average Bonchev–Trinajstić information content (AvgIpc) is 3.50.